The Morgan fingerprint density at radius 1 is 1.10 bits per heavy atom. The van der Waals surface area contributed by atoms with Crippen molar-refractivity contribution in [1.82, 2.24) is 9.80 Å². The van der Waals surface area contributed by atoms with Crippen LogP contribution < -0.4 is 0 Å². The van der Waals surface area contributed by atoms with Crippen molar-refractivity contribution in [2.24, 2.45) is 11.8 Å². The van der Waals surface area contributed by atoms with Crippen molar-refractivity contribution in [2.45, 2.75) is 52.6 Å². The number of allylic oxidation sites excluding steroid dienone is 2. The first-order chi connectivity index (χ1) is 9.84. The molecular formula is C16H24N2O3. The number of carbonyl (C=O) groups excluding carboxylic acids is 3. The van der Waals surface area contributed by atoms with E-state index >= 15 is 0 Å². The SMILES string of the molecule is CC(C)N(C(=O)CN1C(=O)[C@H]2CC=CC[C@H]2C1=O)C(C)C. The average molecular weight is 292 g/mol. The maximum Gasteiger partial charge on any atom is 0.243 e. The van der Waals surface area contributed by atoms with Crippen LogP contribution in [0.1, 0.15) is 40.5 Å². The third kappa shape index (κ3) is 2.87. The number of likely N-dealkylation sites (tertiary alicyclic amines) is 1. The number of rotatable bonds is 4. The van der Waals surface area contributed by atoms with Crippen molar-refractivity contribution in [3.05, 3.63) is 12.2 Å². The Morgan fingerprint density at radius 3 is 1.90 bits per heavy atom. The van der Waals surface area contributed by atoms with Gasteiger partial charge < -0.3 is 4.90 Å². The smallest absolute Gasteiger partial charge is 0.243 e. The van der Waals surface area contributed by atoms with Crippen LogP contribution in [0, 0.1) is 11.8 Å². The normalized spacial score (nSPS) is 25.0. The molecule has 2 aliphatic rings. The van der Waals surface area contributed by atoms with Gasteiger partial charge in [0.15, 0.2) is 0 Å². The van der Waals surface area contributed by atoms with Gasteiger partial charge in [-0.25, -0.2) is 0 Å². The lowest BCUT2D eigenvalue weighted by atomic mass is 9.85. The van der Waals surface area contributed by atoms with Crippen LogP contribution >= 0.6 is 0 Å². The lowest BCUT2D eigenvalue weighted by molar-refractivity contribution is -0.148. The molecule has 3 amide bonds. The number of carbonyl (C=O) groups is 3. The first-order valence-electron chi connectivity index (χ1n) is 7.66. The highest BCUT2D eigenvalue weighted by atomic mass is 16.2. The summed E-state index contributed by atoms with van der Waals surface area (Å²) in [6.07, 6.45) is 5.12. The molecule has 0 unspecified atom stereocenters. The summed E-state index contributed by atoms with van der Waals surface area (Å²) in [7, 11) is 0. The zero-order valence-corrected chi connectivity index (χ0v) is 13.2. The molecule has 0 aromatic heterocycles. The van der Waals surface area contributed by atoms with Gasteiger partial charge in [0, 0.05) is 12.1 Å². The Bertz CT molecular complexity index is 448. The van der Waals surface area contributed by atoms with Gasteiger partial charge in [-0.05, 0) is 40.5 Å². The van der Waals surface area contributed by atoms with E-state index in [-0.39, 0.29) is 48.2 Å². The van der Waals surface area contributed by atoms with Crippen LogP contribution in [0.25, 0.3) is 0 Å². The lowest BCUT2D eigenvalue weighted by Crippen LogP contribution is -2.48. The van der Waals surface area contributed by atoms with E-state index in [0.717, 1.165) is 0 Å². The highest BCUT2D eigenvalue weighted by Gasteiger charge is 2.48. The molecule has 1 fully saturated rings. The molecule has 0 spiro atoms. The molecule has 1 aliphatic carbocycles. The van der Waals surface area contributed by atoms with Crippen molar-refractivity contribution in [1.29, 1.82) is 0 Å². The molecule has 116 valence electrons. The molecule has 21 heavy (non-hydrogen) atoms. The van der Waals surface area contributed by atoms with E-state index in [9.17, 15) is 14.4 Å². The van der Waals surface area contributed by atoms with Crippen LogP contribution in [0.4, 0.5) is 0 Å². The standard InChI is InChI=1S/C16H24N2O3/c1-10(2)18(11(3)4)14(19)9-17-15(20)12-7-5-6-8-13(12)16(17)21/h5-6,10-13H,7-9H2,1-4H3/t12-,13+. The first-order valence-corrected chi connectivity index (χ1v) is 7.66. The number of fused-ring (bicyclic) bond motifs is 1. The lowest BCUT2D eigenvalue weighted by Gasteiger charge is -2.32. The molecule has 5 nitrogen and oxygen atoms in total. The topological polar surface area (TPSA) is 57.7 Å². The number of amides is 3. The zero-order chi connectivity index (χ0) is 15.7. The van der Waals surface area contributed by atoms with Crippen LogP contribution in [-0.2, 0) is 14.4 Å². The van der Waals surface area contributed by atoms with Crippen molar-refractivity contribution in [3.63, 3.8) is 0 Å². The summed E-state index contributed by atoms with van der Waals surface area (Å²) >= 11 is 0. The molecular weight excluding hydrogens is 268 g/mol. The second kappa shape index (κ2) is 6.00. The fourth-order valence-corrected chi connectivity index (χ4v) is 3.41. The largest absolute Gasteiger partial charge is 0.336 e. The Labute approximate surface area is 126 Å². The molecule has 0 saturated carbocycles. The second-order valence-electron chi connectivity index (χ2n) is 6.41. The number of imide groups is 1. The summed E-state index contributed by atoms with van der Waals surface area (Å²) in [5.41, 5.74) is 0. The summed E-state index contributed by atoms with van der Waals surface area (Å²) in [5.74, 6) is -1.05. The van der Waals surface area contributed by atoms with Crippen molar-refractivity contribution >= 4 is 17.7 Å². The Hall–Kier alpha value is -1.65. The van der Waals surface area contributed by atoms with Crippen molar-refractivity contribution in [2.75, 3.05) is 6.54 Å². The monoisotopic (exact) mass is 292 g/mol. The number of hydrogen-bond acceptors (Lipinski definition) is 3. The zero-order valence-electron chi connectivity index (χ0n) is 13.2. The fourth-order valence-electron chi connectivity index (χ4n) is 3.41. The van der Waals surface area contributed by atoms with E-state index in [1.54, 1.807) is 4.90 Å². The molecule has 0 aromatic rings. The van der Waals surface area contributed by atoms with E-state index in [2.05, 4.69) is 0 Å². The van der Waals surface area contributed by atoms with Gasteiger partial charge >= 0.3 is 0 Å². The molecule has 0 aromatic carbocycles. The summed E-state index contributed by atoms with van der Waals surface area (Å²) < 4.78 is 0. The van der Waals surface area contributed by atoms with Gasteiger partial charge in [-0.2, -0.15) is 0 Å². The molecule has 2 rings (SSSR count). The van der Waals surface area contributed by atoms with Gasteiger partial charge in [-0.1, -0.05) is 12.2 Å². The predicted molar refractivity (Wildman–Crippen MR) is 79.2 cm³/mol. The van der Waals surface area contributed by atoms with E-state index in [0.29, 0.717) is 12.8 Å². The predicted octanol–water partition coefficient (Wildman–Crippen LogP) is 1.58. The van der Waals surface area contributed by atoms with Gasteiger partial charge in [0.1, 0.15) is 6.54 Å². The molecule has 2 atom stereocenters. The summed E-state index contributed by atoms with van der Waals surface area (Å²) in [6.45, 7) is 7.63. The Kier molecular flexibility index (Phi) is 4.49. The molecule has 0 N–H and O–H groups in total. The second-order valence-corrected chi connectivity index (χ2v) is 6.41. The fraction of sp³-hybridized carbons (Fsp3) is 0.688. The van der Waals surface area contributed by atoms with Crippen LogP contribution in [0.5, 0.6) is 0 Å². The highest BCUT2D eigenvalue weighted by Crippen LogP contribution is 2.34. The molecule has 5 heteroatoms. The highest BCUT2D eigenvalue weighted by molar-refractivity contribution is 6.07. The van der Waals surface area contributed by atoms with Gasteiger partial charge in [-0.15, -0.1) is 0 Å². The number of hydrogen-bond donors (Lipinski definition) is 0. The van der Waals surface area contributed by atoms with Crippen LogP contribution in [0.15, 0.2) is 12.2 Å². The minimum atomic E-state index is -0.262. The molecule has 1 aliphatic heterocycles. The quantitative estimate of drug-likeness (QED) is 0.584. The van der Waals surface area contributed by atoms with Gasteiger partial charge in [0.05, 0.1) is 11.8 Å². The maximum absolute atomic E-state index is 12.4. The number of nitrogens with zero attached hydrogens (tertiary/aromatic N) is 2. The minimum absolute atomic E-state index is 0.0502. The van der Waals surface area contributed by atoms with Crippen LogP contribution in [0.3, 0.4) is 0 Å². The summed E-state index contributed by atoms with van der Waals surface area (Å²) in [5, 5.41) is 0. The third-order valence-electron chi connectivity index (χ3n) is 4.29. The van der Waals surface area contributed by atoms with Crippen molar-refractivity contribution in [3.8, 4) is 0 Å². The van der Waals surface area contributed by atoms with E-state index in [1.807, 2.05) is 39.8 Å². The molecule has 0 radical (unpaired) electrons. The molecule has 1 saturated heterocycles. The minimum Gasteiger partial charge on any atom is -0.336 e. The summed E-state index contributed by atoms with van der Waals surface area (Å²) in [4.78, 5) is 40.0. The Morgan fingerprint density at radius 2 is 1.52 bits per heavy atom. The summed E-state index contributed by atoms with van der Waals surface area (Å²) in [6, 6.07) is 0.100. The van der Waals surface area contributed by atoms with Gasteiger partial charge in [-0.3, -0.25) is 19.3 Å². The van der Waals surface area contributed by atoms with E-state index in [1.165, 1.54) is 4.90 Å². The molecule has 0 bridgehead atoms. The first kappa shape index (κ1) is 15.7. The maximum atomic E-state index is 12.4. The van der Waals surface area contributed by atoms with Gasteiger partial charge in [0.25, 0.3) is 0 Å². The van der Waals surface area contributed by atoms with Gasteiger partial charge in [0.2, 0.25) is 17.7 Å². The van der Waals surface area contributed by atoms with Crippen molar-refractivity contribution < 1.29 is 14.4 Å². The van der Waals surface area contributed by atoms with E-state index < -0.39 is 0 Å². The van der Waals surface area contributed by atoms with E-state index in [4.69, 9.17) is 0 Å². The third-order valence-corrected chi connectivity index (χ3v) is 4.29. The average Bonchev–Trinajstić information content (AvgIpc) is 2.64. The Balaban J connectivity index is 2.11. The van der Waals surface area contributed by atoms with Crippen LogP contribution in [0.2, 0.25) is 0 Å². The molecule has 1 heterocycles. The van der Waals surface area contributed by atoms with Crippen LogP contribution in [-0.4, -0.2) is 46.1 Å².